The summed E-state index contributed by atoms with van der Waals surface area (Å²) in [5.74, 6) is -0.151. The van der Waals surface area contributed by atoms with E-state index in [2.05, 4.69) is 21.2 Å². The van der Waals surface area contributed by atoms with E-state index in [1.165, 1.54) is 4.90 Å². The smallest absolute Gasteiger partial charge is 0.324 e. The second-order valence-corrected chi connectivity index (χ2v) is 4.50. The lowest BCUT2D eigenvalue weighted by atomic mass is 10.1. The van der Waals surface area contributed by atoms with Gasteiger partial charge in [0.2, 0.25) is 5.91 Å². The highest BCUT2D eigenvalue weighted by Gasteiger charge is 2.27. The van der Waals surface area contributed by atoms with E-state index in [0.717, 1.165) is 10.0 Å². The Morgan fingerprint density at radius 3 is 2.50 bits per heavy atom. The lowest BCUT2D eigenvalue weighted by Gasteiger charge is -2.11. The average molecular weight is 283 g/mol. The van der Waals surface area contributed by atoms with Crippen molar-refractivity contribution in [2.24, 2.45) is 0 Å². The molecule has 1 fully saturated rings. The van der Waals surface area contributed by atoms with Gasteiger partial charge in [-0.05, 0) is 24.1 Å². The maximum atomic E-state index is 11.3. The van der Waals surface area contributed by atoms with Crippen molar-refractivity contribution in [3.63, 3.8) is 0 Å². The molecule has 1 aromatic carbocycles. The summed E-state index contributed by atoms with van der Waals surface area (Å²) < 4.78 is 1.02. The molecule has 1 aromatic rings. The Morgan fingerprint density at radius 1 is 1.25 bits per heavy atom. The molecule has 1 N–H and O–H groups in total. The molecule has 1 heterocycles. The van der Waals surface area contributed by atoms with Gasteiger partial charge in [-0.3, -0.25) is 9.69 Å². The first-order valence-electron chi connectivity index (χ1n) is 4.99. The third-order valence-corrected chi connectivity index (χ3v) is 3.00. The topological polar surface area (TPSA) is 49.4 Å². The number of carbonyl (C=O) groups excluding carboxylic acids is 2. The number of carbonyl (C=O) groups is 2. The molecule has 1 aliphatic rings. The van der Waals surface area contributed by atoms with Crippen LogP contribution in [0.25, 0.3) is 0 Å². The van der Waals surface area contributed by atoms with E-state index in [4.69, 9.17) is 0 Å². The molecule has 5 heteroatoms. The van der Waals surface area contributed by atoms with Gasteiger partial charge in [0.15, 0.2) is 0 Å². The summed E-state index contributed by atoms with van der Waals surface area (Å²) in [4.78, 5) is 23.8. The van der Waals surface area contributed by atoms with Crippen LogP contribution in [0, 0.1) is 0 Å². The molecule has 1 aliphatic heterocycles. The highest BCUT2D eigenvalue weighted by Crippen LogP contribution is 2.11. The van der Waals surface area contributed by atoms with E-state index in [1.807, 2.05) is 24.3 Å². The molecule has 0 atom stereocenters. The number of benzene rings is 1. The van der Waals surface area contributed by atoms with Crippen LogP contribution in [0.2, 0.25) is 0 Å². The standard InChI is InChI=1S/C11H11BrN2O2/c12-9-3-1-8(2-4-9)5-6-14-10(15)7-13-11(14)16/h1-4H,5-7H2,(H,13,16). The van der Waals surface area contributed by atoms with Crippen LogP contribution in [0.3, 0.4) is 0 Å². The van der Waals surface area contributed by atoms with Crippen LogP contribution in [0.1, 0.15) is 5.56 Å². The van der Waals surface area contributed by atoms with Crippen molar-refractivity contribution >= 4 is 27.9 Å². The summed E-state index contributed by atoms with van der Waals surface area (Å²) in [5.41, 5.74) is 1.11. The fourth-order valence-electron chi connectivity index (χ4n) is 1.57. The second-order valence-electron chi connectivity index (χ2n) is 3.58. The van der Waals surface area contributed by atoms with Crippen molar-refractivity contribution in [3.8, 4) is 0 Å². The molecule has 0 spiro atoms. The van der Waals surface area contributed by atoms with E-state index < -0.39 is 0 Å². The average Bonchev–Trinajstić information content (AvgIpc) is 2.59. The lowest BCUT2D eigenvalue weighted by molar-refractivity contribution is -0.124. The van der Waals surface area contributed by atoms with Crippen LogP contribution in [-0.4, -0.2) is 29.9 Å². The molecule has 84 valence electrons. The first kappa shape index (κ1) is 11.1. The van der Waals surface area contributed by atoms with E-state index in [1.54, 1.807) is 0 Å². The van der Waals surface area contributed by atoms with Crippen LogP contribution in [-0.2, 0) is 11.2 Å². The maximum Gasteiger partial charge on any atom is 0.324 e. The predicted octanol–water partition coefficient (Wildman–Crippen LogP) is 1.54. The monoisotopic (exact) mass is 282 g/mol. The summed E-state index contributed by atoms with van der Waals surface area (Å²) in [7, 11) is 0. The first-order valence-corrected chi connectivity index (χ1v) is 5.79. The van der Waals surface area contributed by atoms with Gasteiger partial charge in [-0.15, -0.1) is 0 Å². The third-order valence-electron chi connectivity index (χ3n) is 2.47. The van der Waals surface area contributed by atoms with Gasteiger partial charge in [0, 0.05) is 11.0 Å². The number of rotatable bonds is 3. The first-order chi connectivity index (χ1) is 7.66. The minimum absolute atomic E-state index is 0.124. The van der Waals surface area contributed by atoms with E-state index in [0.29, 0.717) is 13.0 Å². The van der Waals surface area contributed by atoms with E-state index in [9.17, 15) is 9.59 Å². The Morgan fingerprint density at radius 2 is 1.94 bits per heavy atom. The summed E-state index contributed by atoms with van der Waals surface area (Å²) in [6, 6.07) is 7.55. The summed E-state index contributed by atoms with van der Waals surface area (Å²) in [6.45, 7) is 0.561. The highest BCUT2D eigenvalue weighted by molar-refractivity contribution is 9.10. The number of hydrogen-bond acceptors (Lipinski definition) is 2. The predicted molar refractivity (Wildman–Crippen MR) is 63.0 cm³/mol. The van der Waals surface area contributed by atoms with Gasteiger partial charge in [0.25, 0.3) is 0 Å². The Kier molecular flexibility index (Phi) is 3.24. The van der Waals surface area contributed by atoms with E-state index >= 15 is 0 Å². The van der Waals surface area contributed by atoms with Crippen LogP contribution < -0.4 is 5.32 Å². The summed E-state index contributed by atoms with van der Waals surface area (Å²) in [6.07, 6.45) is 0.687. The van der Waals surface area contributed by atoms with Crippen molar-refractivity contribution in [2.75, 3.05) is 13.1 Å². The molecular weight excluding hydrogens is 272 g/mol. The zero-order chi connectivity index (χ0) is 11.5. The van der Waals surface area contributed by atoms with Gasteiger partial charge in [0.1, 0.15) is 0 Å². The largest absolute Gasteiger partial charge is 0.329 e. The summed E-state index contributed by atoms with van der Waals surface area (Å²) >= 11 is 3.35. The summed E-state index contributed by atoms with van der Waals surface area (Å²) in [5, 5.41) is 2.49. The second kappa shape index (κ2) is 4.65. The molecule has 16 heavy (non-hydrogen) atoms. The van der Waals surface area contributed by atoms with Gasteiger partial charge in [-0.1, -0.05) is 28.1 Å². The van der Waals surface area contributed by atoms with Crippen molar-refractivity contribution in [3.05, 3.63) is 34.3 Å². The molecule has 0 bridgehead atoms. The van der Waals surface area contributed by atoms with Crippen molar-refractivity contribution in [1.29, 1.82) is 0 Å². The van der Waals surface area contributed by atoms with Crippen LogP contribution in [0.4, 0.5) is 4.79 Å². The fraction of sp³-hybridized carbons (Fsp3) is 0.273. The van der Waals surface area contributed by atoms with Gasteiger partial charge < -0.3 is 5.32 Å². The molecule has 0 unspecified atom stereocenters. The van der Waals surface area contributed by atoms with Gasteiger partial charge in [-0.2, -0.15) is 0 Å². The molecule has 3 amide bonds. The molecule has 0 aliphatic carbocycles. The minimum atomic E-state index is -0.290. The third kappa shape index (κ3) is 2.41. The zero-order valence-electron chi connectivity index (χ0n) is 8.57. The Hall–Kier alpha value is -1.36. The Labute approximate surface area is 102 Å². The molecule has 0 saturated carbocycles. The number of halogens is 1. The number of amides is 3. The van der Waals surface area contributed by atoms with Gasteiger partial charge in [-0.25, -0.2) is 4.79 Å². The van der Waals surface area contributed by atoms with Crippen molar-refractivity contribution < 1.29 is 9.59 Å². The SMILES string of the molecule is O=C1CNC(=O)N1CCc1ccc(Br)cc1. The van der Waals surface area contributed by atoms with Crippen LogP contribution in [0.15, 0.2) is 28.7 Å². The van der Waals surface area contributed by atoms with Gasteiger partial charge >= 0.3 is 6.03 Å². The lowest BCUT2D eigenvalue weighted by Crippen LogP contribution is -2.32. The number of nitrogens with zero attached hydrogens (tertiary/aromatic N) is 1. The van der Waals surface area contributed by atoms with Crippen LogP contribution in [0.5, 0.6) is 0 Å². The molecule has 0 aromatic heterocycles. The maximum absolute atomic E-state index is 11.3. The van der Waals surface area contributed by atoms with E-state index in [-0.39, 0.29) is 18.5 Å². The number of imide groups is 1. The zero-order valence-corrected chi connectivity index (χ0v) is 10.2. The van der Waals surface area contributed by atoms with Crippen LogP contribution >= 0.6 is 15.9 Å². The number of nitrogens with one attached hydrogen (secondary N) is 1. The molecule has 2 rings (SSSR count). The van der Waals surface area contributed by atoms with Gasteiger partial charge in [0.05, 0.1) is 6.54 Å². The Bertz CT molecular complexity index is 400. The van der Waals surface area contributed by atoms with Crippen molar-refractivity contribution in [2.45, 2.75) is 6.42 Å². The van der Waals surface area contributed by atoms with Crippen molar-refractivity contribution in [1.82, 2.24) is 10.2 Å². The molecule has 1 saturated heterocycles. The number of urea groups is 1. The quantitative estimate of drug-likeness (QED) is 0.855. The molecular formula is C11H11BrN2O2. The Balaban J connectivity index is 1.94. The fourth-order valence-corrected chi connectivity index (χ4v) is 1.84. The molecule has 4 nitrogen and oxygen atoms in total. The minimum Gasteiger partial charge on any atom is -0.329 e. The normalized spacial score (nSPS) is 15.4. The highest BCUT2D eigenvalue weighted by atomic mass is 79.9. The number of hydrogen-bond donors (Lipinski definition) is 1. The molecule has 0 radical (unpaired) electrons.